The fourth-order valence-corrected chi connectivity index (χ4v) is 2.59. The van der Waals surface area contributed by atoms with Crippen molar-refractivity contribution in [3.05, 3.63) is 15.9 Å². The molecule has 0 saturated heterocycles. The van der Waals surface area contributed by atoms with Crippen molar-refractivity contribution in [1.82, 2.24) is 15.1 Å². The summed E-state index contributed by atoms with van der Waals surface area (Å²) in [7, 11) is 0. The highest BCUT2D eigenvalue weighted by Crippen LogP contribution is 2.27. The molecule has 0 aromatic carbocycles. The van der Waals surface area contributed by atoms with Gasteiger partial charge >= 0.3 is 6.18 Å². The molecule has 7 heteroatoms. The van der Waals surface area contributed by atoms with Gasteiger partial charge in [-0.25, -0.2) is 0 Å². The average Bonchev–Trinajstić information content (AvgIpc) is 2.61. The minimum Gasteiger partial charge on any atom is -0.313 e. The Hall–Kier alpha value is -0.560. The molecule has 0 radical (unpaired) electrons. The molecule has 1 rings (SSSR count). The van der Waals surface area contributed by atoms with Crippen molar-refractivity contribution in [2.75, 3.05) is 6.54 Å². The van der Waals surface area contributed by atoms with Gasteiger partial charge < -0.3 is 5.32 Å². The molecule has 0 bridgehead atoms. The maximum Gasteiger partial charge on any atom is 0.390 e. The molecule has 0 aliphatic rings. The van der Waals surface area contributed by atoms with Gasteiger partial charge in [-0.05, 0) is 42.7 Å². The Bertz CT molecular complexity index is 429. The molecule has 20 heavy (non-hydrogen) atoms. The van der Waals surface area contributed by atoms with Gasteiger partial charge in [0.15, 0.2) is 0 Å². The Morgan fingerprint density at radius 3 is 2.50 bits per heavy atom. The van der Waals surface area contributed by atoms with Gasteiger partial charge in [-0.2, -0.15) is 18.3 Å². The highest BCUT2D eigenvalue weighted by molar-refractivity contribution is 9.10. The number of hydrogen-bond acceptors (Lipinski definition) is 2. The molecule has 1 atom stereocenters. The number of halogens is 4. The zero-order valence-corrected chi connectivity index (χ0v) is 13.6. The van der Waals surface area contributed by atoms with Gasteiger partial charge in [-0.1, -0.05) is 6.92 Å². The standard InChI is InChI=1S/C13H21BrF3N3/c1-4-6-18-10(8-13(15,16)17)7-11-12(14)9(3)19-20(11)5-2/h10,18H,4-8H2,1-3H3. The first-order valence-electron chi connectivity index (χ1n) is 6.80. The minimum absolute atomic E-state index is 0.314. The van der Waals surface area contributed by atoms with Gasteiger partial charge in [-0.3, -0.25) is 4.68 Å². The molecule has 1 aromatic heterocycles. The van der Waals surface area contributed by atoms with Crippen LogP contribution in [-0.4, -0.2) is 28.5 Å². The number of nitrogens with one attached hydrogen (secondary N) is 1. The lowest BCUT2D eigenvalue weighted by molar-refractivity contribution is -0.140. The van der Waals surface area contributed by atoms with Crippen molar-refractivity contribution < 1.29 is 13.2 Å². The molecule has 0 aliphatic carbocycles. The van der Waals surface area contributed by atoms with E-state index in [1.165, 1.54) is 0 Å². The average molecular weight is 356 g/mol. The van der Waals surface area contributed by atoms with Gasteiger partial charge in [0.1, 0.15) is 0 Å². The van der Waals surface area contributed by atoms with E-state index in [9.17, 15) is 13.2 Å². The Kier molecular flexibility index (Phi) is 6.51. The lowest BCUT2D eigenvalue weighted by Crippen LogP contribution is -2.36. The Morgan fingerprint density at radius 2 is 2.00 bits per heavy atom. The summed E-state index contributed by atoms with van der Waals surface area (Å²) in [5.41, 5.74) is 1.63. The molecule has 3 nitrogen and oxygen atoms in total. The first kappa shape index (κ1) is 17.5. The number of aromatic nitrogens is 2. The molecule has 1 N–H and O–H groups in total. The van der Waals surface area contributed by atoms with Crippen molar-refractivity contribution in [3.8, 4) is 0 Å². The lowest BCUT2D eigenvalue weighted by Gasteiger charge is -2.20. The minimum atomic E-state index is -4.16. The predicted molar refractivity (Wildman–Crippen MR) is 76.8 cm³/mol. The summed E-state index contributed by atoms with van der Waals surface area (Å²) in [5, 5.41) is 7.30. The van der Waals surface area contributed by atoms with Crippen LogP contribution < -0.4 is 5.32 Å². The lowest BCUT2D eigenvalue weighted by atomic mass is 10.1. The van der Waals surface area contributed by atoms with Gasteiger partial charge in [0.25, 0.3) is 0 Å². The third-order valence-corrected chi connectivity index (χ3v) is 4.08. The molecule has 0 amide bonds. The van der Waals surface area contributed by atoms with Crippen LogP contribution >= 0.6 is 15.9 Å². The van der Waals surface area contributed by atoms with E-state index in [-0.39, 0.29) is 0 Å². The molecule has 1 unspecified atom stereocenters. The van der Waals surface area contributed by atoms with Crippen LogP contribution in [0, 0.1) is 6.92 Å². The molecule has 1 aromatic rings. The maximum atomic E-state index is 12.6. The molecule has 0 aliphatic heterocycles. The third kappa shape index (κ3) is 5.09. The molecule has 1 heterocycles. The first-order valence-corrected chi connectivity index (χ1v) is 7.59. The van der Waals surface area contributed by atoms with Crippen LogP contribution in [0.5, 0.6) is 0 Å². The van der Waals surface area contributed by atoms with E-state index in [1.54, 1.807) is 4.68 Å². The number of hydrogen-bond donors (Lipinski definition) is 1. The van der Waals surface area contributed by atoms with E-state index >= 15 is 0 Å². The van der Waals surface area contributed by atoms with Crippen LogP contribution in [0.15, 0.2) is 4.47 Å². The third-order valence-electron chi connectivity index (χ3n) is 3.05. The fourth-order valence-electron chi connectivity index (χ4n) is 2.14. The molecule has 0 fully saturated rings. The van der Waals surface area contributed by atoms with Crippen LogP contribution in [0.2, 0.25) is 0 Å². The van der Waals surface area contributed by atoms with E-state index in [0.717, 1.165) is 22.3 Å². The summed E-state index contributed by atoms with van der Waals surface area (Å²) in [6, 6.07) is -0.618. The van der Waals surface area contributed by atoms with E-state index in [4.69, 9.17) is 0 Å². The topological polar surface area (TPSA) is 29.9 Å². The van der Waals surface area contributed by atoms with Gasteiger partial charge in [0.05, 0.1) is 22.3 Å². The van der Waals surface area contributed by atoms with Crippen molar-refractivity contribution in [2.24, 2.45) is 0 Å². The maximum absolute atomic E-state index is 12.6. The van der Waals surface area contributed by atoms with E-state index in [1.807, 2.05) is 20.8 Å². The van der Waals surface area contributed by atoms with E-state index in [2.05, 4.69) is 26.3 Å². The van der Waals surface area contributed by atoms with E-state index < -0.39 is 18.6 Å². The van der Waals surface area contributed by atoms with Crippen LogP contribution in [0.25, 0.3) is 0 Å². The SMILES string of the molecule is CCCNC(Cc1c(Br)c(C)nn1CC)CC(F)(F)F. The van der Waals surface area contributed by atoms with Crippen LogP contribution in [0.4, 0.5) is 13.2 Å². The summed E-state index contributed by atoms with van der Waals surface area (Å²) >= 11 is 3.43. The van der Waals surface area contributed by atoms with Crippen molar-refractivity contribution in [2.45, 2.75) is 58.8 Å². The molecular weight excluding hydrogens is 335 g/mol. The van der Waals surface area contributed by atoms with Gasteiger partial charge in [0, 0.05) is 19.0 Å². The predicted octanol–water partition coefficient (Wildman–Crippen LogP) is 3.84. The number of alkyl halides is 3. The van der Waals surface area contributed by atoms with Gasteiger partial charge in [0.2, 0.25) is 0 Å². The zero-order chi connectivity index (χ0) is 15.3. The smallest absolute Gasteiger partial charge is 0.313 e. The molecule has 116 valence electrons. The first-order chi connectivity index (χ1) is 9.28. The Morgan fingerprint density at radius 1 is 1.35 bits per heavy atom. The normalized spacial score (nSPS) is 13.8. The summed E-state index contributed by atoms with van der Waals surface area (Å²) < 4.78 is 40.5. The molecule has 0 saturated carbocycles. The second kappa shape index (κ2) is 7.45. The zero-order valence-electron chi connectivity index (χ0n) is 12.0. The number of aryl methyl sites for hydroxylation is 2. The summed E-state index contributed by atoms with van der Waals surface area (Å²) in [6.45, 7) is 6.94. The van der Waals surface area contributed by atoms with Crippen LogP contribution in [0.1, 0.15) is 38.1 Å². The molecule has 0 spiro atoms. The van der Waals surface area contributed by atoms with Crippen LogP contribution in [0.3, 0.4) is 0 Å². The highest BCUT2D eigenvalue weighted by atomic mass is 79.9. The Labute approximate surface area is 126 Å². The summed E-state index contributed by atoms with van der Waals surface area (Å²) in [5.74, 6) is 0. The monoisotopic (exact) mass is 355 g/mol. The quantitative estimate of drug-likeness (QED) is 0.805. The van der Waals surface area contributed by atoms with Crippen molar-refractivity contribution >= 4 is 15.9 Å². The van der Waals surface area contributed by atoms with Crippen molar-refractivity contribution in [1.29, 1.82) is 0 Å². The Balaban J connectivity index is 2.88. The fraction of sp³-hybridized carbons (Fsp3) is 0.769. The highest BCUT2D eigenvalue weighted by Gasteiger charge is 2.32. The van der Waals surface area contributed by atoms with Crippen molar-refractivity contribution in [3.63, 3.8) is 0 Å². The second-order valence-corrected chi connectivity index (χ2v) is 5.63. The summed E-state index contributed by atoms with van der Waals surface area (Å²) in [6.07, 6.45) is -3.87. The largest absolute Gasteiger partial charge is 0.390 e. The van der Waals surface area contributed by atoms with Crippen LogP contribution in [-0.2, 0) is 13.0 Å². The van der Waals surface area contributed by atoms with Gasteiger partial charge in [-0.15, -0.1) is 0 Å². The van der Waals surface area contributed by atoms with E-state index in [0.29, 0.717) is 19.5 Å². The second-order valence-electron chi connectivity index (χ2n) is 4.84. The number of nitrogens with zero attached hydrogens (tertiary/aromatic N) is 2. The molecular formula is C13H21BrF3N3. The number of rotatable bonds is 7. The summed E-state index contributed by atoms with van der Waals surface area (Å²) in [4.78, 5) is 0.